The number of unbranched alkanes of at least 4 members (excludes halogenated alkanes) is 1. The van der Waals surface area contributed by atoms with Gasteiger partial charge in [0.15, 0.2) is 0 Å². The second-order valence-electron chi connectivity index (χ2n) is 5.76. The van der Waals surface area contributed by atoms with Crippen LogP contribution in [-0.4, -0.2) is 29.1 Å². The van der Waals surface area contributed by atoms with Gasteiger partial charge in [-0.2, -0.15) is 0 Å². The molecule has 0 saturated carbocycles. The second kappa shape index (κ2) is 9.36. The van der Waals surface area contributed by atoms with E-state index < -0.39 is 4.92 Å². The molecule has 0 aliphatic rings. The van der Waals surface area contributed by atoms with E-state index in [-0.39, 0.29) is 23.6 Å². The number of carbonyl (C=O) groups is 1. The molecule has 0 unspecified atom stereocenters. The minimum Gasteiger partial charge on any atom is -0.497 e. The van der Waals surface area contributed by atoms with Gasteiger partial charge in [-0.15, -0.1) is 0 Å². The van der Waals surface area contributed by atoms with E-state index in [4.69, 9.17) is 4.74 Å². The highest BCUT2D eigenvalue weighted by Gasteiger charge is 2.07. The molecular weight excluding hydrogens is 338 g/mol. The number of pyridine rings is 1. The Labute approximate surface area is 150 Å². The first kappa shape index (κ1) is 19.2. The van der Waals surface area contributed by atoms with Crippen molar-refractivity contribution in [1.82, 2.24) is 9.88 Å². The first-order chi connectivity index (χ1) is 12.5. The number of methoxy groups -OCH3 is 1. The Morgan fingerprint density at radius 3 is 2.58 bits per heavy atom. The number of ether oxygens (including phenoxy) is 1. The van der Waals surface area contributed by atoms with Crippen LogP contribution in [0.3, 0.4) is 0 Å². The van der Waals surface area contributed by atoms with Crippen LogP contribution in [0.1, 0.15) is 18.4 Å². The Morgan fingerprint density at radius 2 is 1.92 bits per heavy atom. The number of nitrogens with one attached hydrogen (secondary N) is 1. The molecule has 0 aliphatic heterocycles. The van der Waals surface area contributed by atoms with Crippen molar-refractivity contribution < 1.29 is 14.5 Å². The lowest BCUT2D eigenvalue weighted by molar-refractivity contribution is -0.385. The molecule has 0 saturated heterocycles. The van der Waals surface area contributed by atoms with Crippen molar-refractivity contribution in [2.24, 2.45) is 0 Å². The Kier molecular flexibility index (Phi) is 6.90. The number of nitrogens with zero attached hydrogens (tertiary/aromatic N) is 2. The number of nitro groups is 1. The van der Waals surface area contributed by atoms with Gasteiger partial charge in [-0.3, -0.25) is 19.7 Å². The molecule has 1 aromatic carbocycles. The fourth-order valence-corrected chi connectivity index (χ4v) is 2.43. The first-order valence-electron chi connectivity index (χ1n) is 8.24. The Balaban J connectivity index is 1.71. The van der Waals surface area contributed by atoms with Crippen LogP contribution in [0.15, 0.2) is 47.4 Å². The van der Waals surface area contributed by atoms with Gasteiger partial charge >= 0.3 is 0 Å². The van der Waals surface area contributed by atoms with Crippen molar-refractivity contribution >= 4 is 11.6 Å². The lowest BCUT2D eigenvalue weighted by Crippen LogP contribution is -2.26. The maximum atomic E-state index is 11.9. The zero-order valence-corrected chi connectivity index (χ0v) is 14.5. The van der Waals surface area contributed by atoms with E-state index in [1.165, 1.54) is 22.9 Å². The lowest BCUT2D eigenvalue weighted by atomic mass is 10.1. The number of carbonyl (C=O) groups excluding carboxylic acids is 1. The number of hydrogen-bond donors (Lipinski definition) is 1. The van der Waals surface area contributed by atoms with Crippen LogP contribution in [0, 0.1) is 10.1 Å². The van der Waals surface area contributed by atoms with Gasteiger partial charge in [0.05, 0.1) is 24.7 Å². The molecule has 0 aliphatic carbocycles. The lowest BCUT2D eigenvalue weighted by Gasteiger charge is -2.07. The molecule has 26 heavy (non-hydrogen) atoms. The normalized spacial score (nSPS) is 10.3. The summed E-state index contributed by atoms with van der Waals surface area (Å²) >= 11 is 0. The van der Waals surface area contributed by atoms with E-state index in [1.807, 2.05) is 12.1 Å². The molecule has 8 heteroatoms. The van der Waals surface area contributed by atoms with Gasteiger partial charge in [-0.1, -0.05) is 12.1 Å². The summed E-state index contributed by atoms with van der Waals surface area (Å²) in [6.45, 7) is 0.855. The van der Waals surface area contributed by atoms with Crippen molar-refractivity contribution in [2.75, 3.05) is 13.7 Å². The Bertz CT molecular complexity index is 814. The number of amides is 1. The number of aromatic nitrogens is 1. The van der Waals surface area contributed by atoms with E-state index in [2.05, 4.69) is 5.32 Å². The van der Waals surface area contributed by atoms with E-state index in [9.17, 15) is 19.7 Å². The van der Waals surface area contributed by atoms with Gasteiger partial charge in [-0.25, -0.2) is 0 Å². The van der Waals surface area contributed by atoms with Crippen LogP contribution in [0.2, 0.25) is 0 Å². The minimum absolute atomic E-state index is 0.0808. The molecule has 138 valence electrons. The third-order valence-electron chi connectivity index (χ3n) is 3.85. The van der Waals surface area contributed by atoms with E-state index in [0.717, 1.165) is 11.3 Å². The molecule has 8 nitrogen and oxygen atoms in total. The van der Waals surface area contributed by atoms with Crippen molar-refractivity contribution in [1.29, 1.82) is 0 Å². The molecule has 0 spiro atoms. The minimum atomic E-state index is -0.532. The maximum absolute atomic E-state index is 11.9. The SMILES string of the molecule is COc1ccc(CC(=O)NCCCCn2cc([N+](=O)[O-])ccc2=O)cc1. The zero-order chi connectivity index (χ0) is 18.9. The quantitative estimate of drug-likeness (QED) is 0.418. The van der Waals surface area contributed by atoms with Gasteiger partial charge in [0.1, 0.15) is 5.75 Å². The van der Waals surface area contributed by atoms with Crippen LogP contribution < -0.4 is 15.6 Å². The van der Waals surface area contributed by atoms with Crippen LogP contribution in [0.5, 0.6) is 5.75 Å². The predicted octanol–water partition coefficient (Wildman–Crippen LogP) is 1.90. The highest BCUT2D eigenvalue weighted by molar-refractivity contribution is 5.78. The average Bonchev–Trinajstić information content (AvgIpc) is 2.63. The van der Waals surface area contributed by atoms with Gasteiger partial charge < -0.3 is 14.6 Å². The summed E-state index contributed by atoms with van der Waals surface area (Å²) in [6, 6.07) is 9.67. The third-order valence-corrected chi connectivity index (χ3v) is 3.85. The fourth-order valence-electron chi connectivity index (χ4n) is 2.43. The molecule has 0 radical (unpaired) electrons. The molecule has 2 aromatic rings. The maximum Gasteiger partial charge on any atom is 0.285 e. The van der Waals surface area contributed by atoms with Gasteiger partial charge in [0.2, 0.25) is 5.91 Å². The average molecular weight is 359 g/mol. The summed E-state index contributed by atoms with van der Waals surface area (Å²) in [4.78, 5) is 33.8. The summed E-state index contributed by atoms with van der Waals surface area (Å²) in [5, 5.41) is 13.6. The summed E-state index contributed by atoms with van der Waals surface area (Å²) < 4.78 is 6.39. The van der Waals surface area contributed by atoms with Gasteiger partial charge in [0.25, 0.3) is 11.2 Å². The topological polar surface area (TPSA) is 103 Å². The van der Waals surface area contributed by atoms with Crippen molar-refractivity contribution in [3.8, 4) is 5.75 Å². The van der Waals surface area contributed by atoms with Crippen LogP contribution in [0.4, 0.5) is 5.69 Å². The van der Waals surface area contributed by atoms with Crippen LogP contribution in [-0.2, 0) is 17.8 Å². The molecule has 2 rings (SSSR count). The summed E-state index contributed by atoms with van der Waals surface area (Å²) in [5.74, 6) is 0.660. The molecular formula is C18H21N3O5. The van der Waals surface area contributed by atoms with E-state index >= 15 is 0 Å². The smallest absolute Gasteiger partial charge is 0.285 e. The molecule has 1 amide bonds. The first-order valence-corrected chi connectivity index (χ1v) is 8.24. The molecule has 1 aromatic heterocycles. The monoisotopic (exact) mass is 359 g/mol. The standard InChI is InChI=1S/C18H21N3O5/c1-26-16-7-4-14(5-8-16)12-17(22)19-10-2-3-11-20-13-15(21(24)25)6-9-18(20)23/h4-9,13H,2-3,10-12H2,1H3,(H,19,22). The van der Waals surface area contributed by atoms with Gasteiger partial charge in [0, 0.05) is 25.2 Å². The highest BCUT2D eigenvalue weighted by Crippen LogP contribution is 2.11. The molecule has 1 N–H and O–H groups in total. The van der Waals surface area contributed by atoms with Crippen LogP contribution in [0.25, 0.3) is 0 Å². The molecule has 0 fully saturated rings. The predicted molar refractivity (Wildman–Crippen MR) is 96.3 cm³/mol. The van der Waals surface area contributed by atoms with E-state index in [1.54, 1.807) is 19.2 Å². The number of rotatable bonds is 9. The third kappa shape index (κ3) is 5.73. The fraction of sp³-hybridized carbons (Fsp3) is 0.333. The van der Waals surface area contributed by atoms with E-state index in [0.29, 0.717) is 25.9 Å². The Hall–Kier alpha value is -3.16. The number of hydrogen-bond acceptors (Lipinski definition) is 5. The summed E-state index contributed by atoms with van der Waals surface area (Å²) in [7, 11) is 1.59. The van der Waals surface area contributed by atoms with Crippen molar-refractivity contribution in [3.63, 3.8) is 0 Å². The zero-order valence-electron chi connectivity index (χ0n) is 14.5. The van der Waals surface area contributed by atoms with Crippen molar-refractivity contribution in [3.05, 3.63) is 68.6 Å². The Morgan fingerprint density at radius 1 is 1.19 bits per heavy atom. The summed E-state index contributed by atoms with van der Waals surface area (Å²) in [6.07, 6.45) is 2.83. The van der Waals surface area contributed by atoms with Crippen LogP contribution >= 0.6 is 0 Å². The second-order valence-corrected chi connectivity index (χ2v) is 5.76. The molecule has 0 atom stereocenters. The molecule has 0 bridgehead atoms. The molecule has 1 heterocycles. The largest absolute Gasteiger partial charge is 0.497 e. The highest BCUT2D eigenvalue weighted by atomic mass is 16.6. The number of aryl methyl sites for hydroxylation is 1. The van der Waals surface area contributed by atoms with Gasteiger partial charge in [-0.05, 0) is 30.5 Å². The van der Waals surface area contributed by atoms with Crippen molar-refractivity contribution in [2.45, 2.75) is 25.8 Å². The summed E-state index contributed by atoms with van der Waals surface area (Å²) in [5.41, 5.74) is 0.503. The number of benzene rings is 1.